The van der Waals surface area contributed by atoms with Crippen molar-refractivity contribution in [2.75, 3.05) is 0 Å². The van der Waals surface area contributed by atoms with Gasteiger partial charge in [0, 0.05) is 36.6 Å². The van der Waals surface area contributed by atoms with E-state index in [0.29, 0.717) is 0 Å². The van der Waals surface area contributed by atoms with Crippen molar-refractivity contribution in [1.82, 2.24) is 5.01 Å². The third kappa shape index (κ3) is 2.84. The third-order valence-corrected chi connectivity index (χ3v) is 5.93. The van der Waals surface area contributed by atoms with Gasteiger partial charge in [-0.25, -0.2) is 5.01 Å². The molecule has 0 saturated carbocycles. The summed E-state index contributed by atoms with van der Waals surface area (Å²) in [5.41, 5.74) is 4.41. The first-order valence-corrected chi connectivity index (χ1v) is 9.92. The molecule has 0 fully saturated rings. The summed E-state index contributed by atoms with van der Waals surface area (Å²) in [6.07, 6.45) is 0.770. The van der Waals surface area contributed by atoms with E-state index in [2.05, 4.69) is 37.3 Å². The van der Waals surface area contributed by atoms with Crippen molar-refractivity contribution in [1.29, 1.82) is 0 Å². The number of hydrazone groups is 1. The largest absolute Gasteiger partial charge is 0.462 e. The molecule has 6 nitrogen and oxygen atoms in total. The Hall–Kier alpha value is -3.67. The molecule has 0 radical (unpaired) electrons. The minimum atomic E-state index is -0.874. The molecule has 2 aliphatic heterocycles. The Bertz CT molecular complexity index is 1160. The van der Waals surface area contributed by atoms with E-state index in [-0.39, 0.29) is 11.7 Å². The molecule has 2 heterocycles. The van der Waals surface area contributed by atoms with Gasteiger partial charge in [0.05, 0.1) is 16.7 Å². The van der Waals surface area contributed by atoms with Crippen LogP contribution in [-0.4, -0.2) is 15.6 Å². The molecule has 0 bridgehead atoms. The van der Waals surface area contributed by atoms with Crippen LogP contribution < -0.4 is 4.74 Å². The fourth-order valence-electron chi connectivity index (χ4n) is 4.26. The van der Waals surface area contributed by atoms with Gasteiger partial charge in [-0.05, 0) is 30.7 Å². The average molecular weight is 399 g/mol. The normalized spacial score (nSPS) is 22.0. The van der Waals surface area contributed by atoms with Gasteiger partial charge in [-0.15, -0.1) is 0 Å². The van der Waals surface area contributed by atoms with Crippen molar-refractivity contribution >= 4 is 11.4 Å². The topological polar surface area (TPSA) is 68.0 Å². The standard InChI is InChI=1S/C24H21N3O3/c1-16-7-9-17(10-8-16)21-15-22-20-5-3-4-6-23(20)30-24(2,26(22)25-21)18-11-13-19(14-12-18)27(28)29/h3-14,22H,15H2,1-2H3/t22-,24-/m0/s1. The molecule has 0 saturated heterocycles. The number of rotatable bonds is 3. The molecule has 0 aliphatic carbocycles. The molecular formula is C24H21N3O3. The van der Waals surface area contributed by atoms with E-state index >= 15 is 0 Å². The number of nitrogens with zero attached hydrogens (tertiary/aromatic N) is 3. The summed E-state index contributed by atoms with van der Waals surface area (Å²) in [5.74, 6) is 0.819. The highest BCUT2D eigenvalue weighted by atomic mass is 16.6. The lowest BCUT2D eigenvalue weighted by Crippen LogP contribution is -2.48. The van der Waals surface area contributed by atoms with Crippen LogP contribution in [-0.2, 0) is 5.72 Å². The predicted octanol–water partition coefficient (Wildman–Crippen LogP) is 5.32. The first kappa shape index (κ1) is 18.4. The van der Waals surface area contributed by atoms with Crippen LogP contribution >= 0.6 is 0 Å². The summed E-state index contributed by atoms with van der Waals surface area (Å²) in [6.45, 7) is 4.04. The van der Waals surface area contributed by atoms with Crippen molar-refractivity contribution in [3.63, 3.8) is 0 Å². The number of hydrogen-bond donors (Lipinski definition) is 0. The lowest BCUT2D eigenvalue weighted by Gasteiger charge is -2.45. The van der Waals surface area contributed by atoms with Gasteiger partial charge >= 0.3 is 0 Å². The number of benzene rings is 3. The first-order valence-electron chi connectivity index (χ1n) is 9.92. The van der Waals surface area contributed by atoms with E-state index in [1.165, 1.54) is 17.7 Å². The number of non-ortho nitro benzene ring substituents is 1. The highest BCUT2D eigenvalue weighted by Gasteiger charge is 2.48. The molecule has 6 heteroatoms. The molecular weight excluding hydrogens is 378 g/mol. The zero-order chi connectivity index (χ0) is 20.9. The van der Waals surface area contributed by atoms with Crippen molar-refractivity contribution < 1.29 is 9.66 Å². The van der Waals surface area contributed by atoms with E-state index in [9.17, 15) is 10.1 Å². The highest BCUT2D eigenvalue weighted by Crippen LogP contribution is 2.50. The molecule has 3 aromatic carbocycles. The summed E-state index contributed by atoms with van der Waals surface area (Å²) < 4.78 is 6.47. The maximum atomic E-state index is 11.1. The van der Waals surface area contributed by atoms with Gasteiger partial charge in [0.25, 0.3) is 5.69 Å². The van der Waals surface area contributed by atoms with E-state index < -0.39 is 10.6 Å². The maximum Gasteiger partial charge on any atom is 0.269 e. The Morgan fingerprint density at radius 2 is 1.77 bits per heavy atom. The van der Waals surface area contributed by atoms with Crippen molar-refractivity contribution in [3.05, 3.63) is 105 Å². The van der Waals surface area contributed by atoms with Gasteiger partial charge < -0.3 is 4.74 Å². The second kappa shape index (κ2) is 6.69. The number of nitro benzene ring substituents is 1. The molecule has 0 N–H and O–H groups in total. The fourth-order valence-corrected chi connectivity index (χ4v) is 4.26. The second-order valence-electron chi connectivity index (χ2n) is 7.90. The van der Waals surface area contributed by atoms with E-state index in [1.54, 1.807) is 12.1 Å². The van der Waals surface area contributed by atoms with E-state index in [1.807, 2.05) is 30.1 Å². The van der Waals surface area contributed by atoms with Crippen LogP contribution in [0, 0.1) is 17.0 Å². The van der Waals surface area contributed by atoms with Gasteiger partial charge in [0.2, 0.25) is 5.72 Å². The Morgan fingerprint density at radius 3 is 2.47 bits per heavy atom. The maximum absolute atomic E-state index is 11.1. The SMILES string of the molecule is Cc1ccc(C2=NN3[C@@H](C2)c2ccccc2O[C@@]3(C)c2ccc([N+](=O)[O-])cc2)cc1. The number of para-hydroxylation sites is 1. The Labute approximate surface area is 174 Å². The van der Waals surface area contributed by atoms with Crippen LogP contribution in [0.1, 0.15) is 41.6 Å². The zero-order valence-corrected chi connectivity index (χ0v) is 16.8. The van der Waals surface area contributed by atoms with Crippen molar-refractivity contribution in [2.45, 2.75) is 32.0 Å². The number of ether oxygens (including phenoxy) is 1. The van der Waals surface area contributed by atoms with Crippen molar-refractivity contribution in [3.8, 4) is 5.75 Å². The third-order valence-electron chi connectivity index (χ3n) is 5.93. The Morgan fingerprint density at radius 1 is 1.07 bits per heavy atom. The quantitative estimate of drug-likeness (QED) is 0.442. The van der Waals surface area contributed by atoms with Gasteiger partial charge in [-0.1, -0.05) is 48.0 Å². The van der Waals surface area contributed by atoms with Crippen LogP contribution in [0.15, 0.2) is 77.9 Å². The van der Waals surface area contributed by atoms with Gasteiger partial charge in [0.15, 0.2) is 0 Å². The summed E-state index contributed by atoms with van der Waals surface area (Å²) in [5, 5.41) is 18.1. The fraction of sp³-hybridized carbons (Fsp3) is 0.208. The number of hydrogen-bond acceptors (Lipinski definition) is 5. The Kier molecular flexibility index (Phi) is 4.10. The molecule has 150 valence electrons. The summed E-state index contributed by atoms with van der Waals surface area (Å²) in [6, 6.07) is 23.0. The number of nitro groups is 1. The molecule has 3 aromatic rings. The average Bonchev–Trinajstić information content (AvgIpc) is 3.21. The van der Waals surface area contributed by atoms with Gasteiger partial charge in [0.1, 0.15) is 5.75 Å². The molecule has 30 heavy (non-hydrogen) atoms. The first-order chi connectivity index (χ1) is 14.5. The molecule has 0 amide bonds. The minimum Gasteiger partial charge on any atom is -0.462 e. The molecule has 0 spiro atoms. The monoisotopic (exact) mass is 399 g/mol. The van der Waals surface area contributed by atoms with Crippen molar-refractivity contribution in [2.24, 2.45) is 5.10 Å². The summed E-state index contributed by atoms with van der Waals surface area (Å²) in [4.78, 5) is 10.7. The number of aryl methyl sites for hydroxylation is 1. The van der Waals surface area contributed by atoms with Gasteiger partial charge in [-0.3, -0.25) is 10.1 Å². The predicted molar refractivity (Wildman–Crippen MR) is 114 cm³/mol. The van der Waals surface area contributed by atoms with E-state index in [4.69, 9.17) is 9.84 Å². The van der Waals surface area contributed by atoms with Crippen LogP contribution in [0.4, 0.5) is 5.69 Å². The lowest BCUT2D eigenvalue weighted by atomic mass is 9.92. The van der Waals surface area contributed by atoms with E-state index in [0.717, 1.165) is 34.6 Å². The molecule has 0 aromatic heterocycles. The van der Waals surface area contributed by atoms with Crippen LogP contribution in [0.2, 0.25) is 0 Å². The molecule has 0 unspecified atom stereocenters. The zero-order valence-electron chi connectivity index (χ0n) is 16.8. The lowest BCUT2D eigenvalue weighted by molar-refractivity contribution is -0.384. The van der Waals surface area contributed by atoms with Crippen LogP contribution in [0.5, 0.6) is 5.75 Å². The van der Waals surface area contributed by atoms with Crippen LogP contribution in [0.25, 0.3) is 0 Å². The molecule has 2 atom stereocenters. The summed E-state index contributed by atoms with van der Waals surface area (Å²) >= 11 is 0. The van der Waals surface area contributed by atoms with Gasteiger partial charge in [-0.2, -0.15) is 5.10 Å². The Balaban J connectivity index is 1.61. The highest BCUT2D eigenvalue weighted by molar-refractivity contribution is 6.02. The van der Waals surface area contributed by atoms with Crippen LogP contribution in [0.3, 0.4) is 0 Å². The summed E-state index contributed by atoms with van der Waals surface area (Å²) in [7, 11) is 0. The molecule has 2 aliphatic rings. The second-order valence-corrected chi connectivity index (χ2v) is 7.90. The molecule has 5 rings (SSSR count). The minimum absolute atomic E-state index is 0.0337. The number of fused-ring (bicyclic) bond motifs is 3. The smallest absolute Gasteiger partial charge is 0.269 e.